The average molecular weight is 1560 g/mol. The van der Waals surface area contributed by atoms with Gasteiger partial charge in [-0.15, -0.1) is 11.3 Å². The molecule has 12 rings (SSSR count). The van der Waals surface area contributed by atoms with Gasteiger partial charge in [-0.05, 0) is 182 Å². The maximum absolute atomic E-state index is 13.3. The lowest BCUT2D eigenvalue weighted by Crippen LogP contribution is -2.45. The van der Waals surface area contributed by atoms with Gasteiger partial charge in [0.25, 0.3) is 0 Å². The number of anilines is 3. The molecule has 0 spiro atoms. The quantitative estimate of drug-likeness (QED) is 0.148. The second kappa shape index (κ2) is 38.4. The van der Waals surface area contributed by atoms with Crippen molar-refractivity contribution < 1.29 is 32.0 Å². The van der Waals surface area contributed by atoms with Gasteiger partial charge in [-0.25, -0.2) is 15.0 Å². The van der Waals surface area contributed by atoms with Gasteiger partial charge in [-0.2, -0.15) is 13.2 Å². The van der Waals surface area contributed by atoms with Crippen LogP contribution in [0.25, 0.3) is 5.69 Å². The van der Waals surface area contributed by atoms with Crippen LogP contribution in [0.1, 0.15) is 264 Å². The summed E-state index contributed by atoms with van der Waals surface area (Å²) in [6.45, 7) is 68.3. The van der Waals surface area contributed by atoms with Gasteiger partial charge in [-0.3, -0.25) is 9.69 Å². The van der Waals surface area contributed by atoms with Crippen molar-refractivity contribution in [3.05, 3.63) is 218 Å². The molecular weight excluding hydrogens is 1420 g/mol. The van der Waals surface area contributed by atoms with Gasteiger partial charge in [0.2, 0.25) is 11.8 Å². The van der Waals surface area contributed by atoms with Crippen LogP contribution in [0, 0.1) is 33.6 Å². The molecule has 4 aromatic heterocycles. The molecule has 0 unspecified atom stereocenters. The normalized spacial score (nSPS) is 15.1. The maximum atomic E-state index is 13.3. The summed E-state index contributed by atoms with van der Waals surface area (Å²) in [4.78, 5) is 34.2. The number of nitrogens with zero attached hydrogens (tertiary/aromatic N) is 9. The van der Waals surface area contributed by atoms with E-state index in [1.807, 2.05) is 59.3 Å². The van der Waals surface area contributed by atoms with Crippen molar-refractivity contribution in [1.29, 1.82) is 0 Å². The van der Waals surface area contributed by atoms with Crippen LogP contribution in [-0.2, 0) is 59.0 Å². The first kappa shape index (κ1) is 92.8. The number of benzene rings is 4. The minimum atomic E-state index is -4.47. The molecule has 0 atom stereocenters. The molecule has 112 heavy (non-hydrogen) atoms. The van der Waals surface area contributed by atoms with Gasteiger partial charge < -0.3 is 38.6 Å². The fourth-order valence-electron chi connectivity index (χ4n) is 11.6. The van der Waals surface area contributed by atoms with E-state index >= 15 is 0 Å². The van der Waals surface area contributed by atoms with Crippen LogP contribution in [0.3, 0.4) is 0 Å². The lowest BCUT2D eigenvalue weighted by atomic mass is 9.86. The second-order valence-corrected chi connectivity index (χ2v) is 39.9. The van der Waals surface area contributed by atoms with Gasteiger partial charge in [0.1, 0.15) is 23.7 Å². The lowest BCUT2D eigenvalue weighted by molar-refractivity contribution is -0.139. The van der Waals surface area contributed by atoms with Crippen LogP contribution < -0.4 is 19.9 Å². The van der Waals surface area contributed by atoms with Crippen molar-refractivity contribution in [2.45, 2.75) is 270 Å². The number of thiazole rings is 1. The van der Waals surface area contributed by atoms with Crippen molar-refractivity contribution in [1.82, 2.24) is 34.5 Å². The molecule has 4 aliphatic rings. The van der Waals surface area contributed by atoms with E-state index in [0.29, 0.717) is 18.8 Å². The molecule has 1 N–H and O–H groups in total. The predicted octanol–water partition coefficient (Wildman–Crippen LogP) is 23.8. The number of carbonyl (C=O) groups is 1. The van der Waals surface area contributed by atoms with E-state index in [0.717, 1.165) is 80.2 Å². The summed E-state index contributed by atoms with van der Waals surface area (Å²) in [6.07, 6.45) is 12.6. The molecule has 0 radical (unpaired) electrons. The van der Waals surface area contributed by atoms with Crippen molar-refractivity contribution >= 4 is 34.3 Å². The minimum Gasteiger partial charge on any atom is -0.476 e. The number of hydrogen-bond acceptors (Lipinski definition) is 13. The molecule has 8 aromatic rings. The molecule has 18 heteroatoms. The summed E-state index contributed by atoms with van der Waals surface area (Å²) in [6, 6.07) is 33.7. The molecule has 1 saturated heterocycles. The molecule has 7 heterocycles. The Bertz CT molecular complexity index is 4300. The molecule has 1 saturated carbocycles. The smallest absolute Gasteiger partial charge is 0.421 e. The van der Waals surface area contributed by atoms with Crippen molar-refractivity contribution in [3.63, 3.8) is 0 Å². The Morgan fingerprint density at radius 3 is 1.50 bits per heavy atom. The number of likely N-dealkylation sites (N-methyl/N-ethyl adjacent to an activating group) is 1. The molecule has 1 amide bonds. The molecule has 0 bridgehead atoms. The summed E-state index contributed by atoms with van der Waals surface area (Å²) in [7, 11) is 2.06. The number of carbonyl (C=O) groups excluding carboxylic acids is 1. The van der Waals surface area contributed by atoms with Crippen LogP contribution in [-0.4, -0.2) is 100 Å². The highest BCUT2D eigenvalue weighted by Crippen LogP contribution is 2.39. The molecule has 2 fully saturated rings. The lowest BCUT2D eigenvalue weighted by Gasteiger charge is -2.32. The molecule has 14 nitrogen and oxygen atoms in total. The first-order valence-corrected chi connectivity index (χ1v) is 40.7. The summed E-state index contributed by atoms with van der Waals surface area (Å²) in [5.74, 6) is 2.04. The first-order chi connectivity index (χ1) is 51.5. The highest BCUT2D eigenvalue weighted by molar-refractivity contribution is 7.11. The van der Waals surface area contributed by atoms with E-state index < -0.39 is 17.2 Å². The number of alkyl halides is 3. The van der Waals surface area contributed by atoms with Crippen LogP contribution in [0.4, 0.5) is 30.2 Å². The third-order valence-corrected chi connectivity index (χ3v) is 20.7. The number of pyridine rings is 1. The van der Waals surface area contributed by atoms with Gasteiger partial charge in [0.05, 0.1) is 22.7 Å². The zero-order valence-corrected chi connectivity index (χ0v) is 74.7. The number of halogens is 3. The molecule has 4 aromatic carbocycles. The number of aryl methyl sites for hydroxylation is 4. The van der Waals surface area contributed by atoms with E-state index in [9.17, 15) is 18.0 Å². The third kappa shape index (κ3) is 30.4. The number of allylic oxidation sites excluding steroid dienone is 1. The van der Waals surface area contributed by atoms with E-state index in [-0.39, 0.29) is 62.2 Å². The van der Waals surface area contributed by atoms with Crippen LogP contribution in [0.15, 0.2) is 151 Å². The van der Waals surface area contributed by atoms with Crippen molar-refractivity contribution in [2.75, 3.05) is 74.8 Å². The van der Waals surface area contributed by atoms with E-state index in [1.165, 1.54) is 72.9 Å². The van der Waals surface area contributed by atoms with Gasteiger partial charge in [-0.1, -0.05) is 214 Å². The SMILES string of the molecule is CC(C)(C)c1cc(C(C)(C)C)on1.CC(C)(C)c1ccc(N2C=CCC2)cc1.CC(C)(C)c1ccc(NC(=O)C2CC2)cc1.CC1=CN(c2cc(C)cc(C(C)(C)C)c2)CO1.CN1CCN(CCOc2ncc(C(C)(C)C)cc2C(F)(F)F)CC1.Cc1cc(-n2cnc(C)c2)cc(C(C)(C)C)c1.Cc1cnc(C(C)(C)C)s1. The van der Waals surface area contributed by atoms with E-state index in [4.69, 9.17) is 14.0 Å². The largest absolute Gasteiger partial charge is 0.476 e. The maximum Gasteiger partial charge on any atom is 0.421 e. The number of nitrogens with one attached hydrogen (secondary N) is 1. The Hall–Kier alpha value is -8.06. The molecular formula is C94H137F3N10O4S. The first-order valence-electron chi connectivity index (χ1n) is 39.8. The standard InChI is InChI=1S/C17H26F3N3O.C15H20N2.C15H21NO.C14H19NO.C14H19N.C11H19NO.C8H13NS/c1-16(2,3)13-11-14(17(18,19)20)15(21-12-13)24-10-9-23-7-5-22(4)6-8-23;1-11-6-13(15(3,4)5)8-14(7-11)17-9-12(2)16-10-17;1-11-6-13(15(3,4)5)8-14(7-11)16-9-12(2)17-10-16;1-14(2,3)11-6-8-12(9-7-11)15-13(16)10-4-5-10;1-14(2,3)12-6-8-13(9-7-12)15-10-4-5-11-15;1-10(2,3)8-7-9(13-12-8)11(4,5)6;1-6-5-9-7(10-6)8(2,3)4/h11-12H,5-10H2,1-4H3;6-10H,1-5H3;6-9H,10H2,1-5H3;6-10H,4-5H2,1-3H3,(H,15,16);4,6-10H,5,11H2,1-3H3;7H,1-6H3;5H,1-4H3. The summed E-state index contributed by atoms with van der Waals surface area (Å²) in [5, 5.41) is 8.25. The zero-order chi connectivity index (χ0) is 83.9. The van der Waals surface area contributed by atoms with E-state index in [2.05, 4.69) is 326 Å². The van der Waals surface area contributed by atoms with Gasteiger partial charge >= 0.3 is 6.18 Å². The average Bonchev–Trinajstić information content (AvgIpc) is 1.71. The van der Waals surface area contributed by atoms with Gasteiger partial charge in [0.15, 0.2) is 6.73 Å². The number of imidazole rings is 1. The Morgan fingerprint density at radius 2 is 1.09 bits per heavy atom. The molecule has 3 aliphatic heterocycles. The summed E-state index contributed by atoms with van der Waals surface area (Å²) >= 11 is 1.78. The summed E-state index contributed by atoms with van der Waals surface area (Å²) < 4.78 is 58.2. The number of piperazine rings is 1. The fourth-order valence-corrected chi connectivity index (χ4v) is 12.4. The third-order valence-electron chi connectivity index (χ3n) is 19.4. The van der Waals surface area contributed by atoms with Gasteiger partial charge in [0, 0.05) is 126 Å². The zero-order valence-electron chi connectivity index (χ0n) is 73.8. The minimum absolute atomic E-state index is 0.0521. The van der Waals surface area contributed by atoms with Crippen molar-refractivity contribution in [3.8, 4) is 11.6 Å². The molecule has 1 aliphatic carbocycles. The highest BCUT2D eigenvalue weighted by atomic mass is 32.1. The van der Waals surface area contributed by atoms with Crippen molar-refractivity contribution in [2.24, 2.45) is 5.92 Å². The number of aromatic nitrogens is 5. The monoisotopic (exact) mass is 1560 g/mol. The second-order valence-electron chi connectivity index (χ2n) is 38.7. The number of rotatable bonds is 9. The van der Waals surface area contributed by atoms with Crippen LogP contribution in [0.2, 0.25) is 0 Å². The van der Waals surface area contributed by atoms with Crippen LogP contribution >= 0.6 is 11.3 Å². The number of ether oxygens (including phenoxy) is 2. The topological polar surface area (TPSA) is 130 Å². The fraction of sp³-hybridized carbons (Fsp3) is 0.543. The molecule has 614 valence electrons. The number of amides is 1. The number of hydrogen-bond donors (Lipinski definition) is 1. The Labute approximate surface area is 676 Å². The Balaban J connectivity index is 0.000000206. The summed E-state index contributed by atoms with van der Waals surface area (Å²) in [5.41, 5.74) is 15.2. The van der Waals surface area contributed by atoms with Crippen LogP contribution in [0.5, 0.6) is 5.88 Å². The Morgan fingerprint density at radius 1 is 0.554 bits per heavy atom. The highest BCUT2D eigenvalue weighted by Gasteiger charge is 2.37. The Kier molecular flexibility index (Phi) is 31.8. The van der Waals surface area contributed by atoms with E-state index in [1.54, 1.807) is 11.3 Å². The predicted molar refractivity (Wildman–Crippen MR) is 463 cm³/mol.